The number of benzene rings is 1. The van der Waals surface area contributed by atoms with Gasteiger partial charge in [0.1, 0.15) is 0 Å². The third kappa shape index (κ3) is 2.26. The number of hydrogen-bond acceptors (Lipinski definition) is 8. The summed E-state index contributed by atoms with van der Waals surface area (Å²) in [5, 5.41) is 29.1. The number of aromatic nitrogens is 2. The van der Waals surface area contributed by atoms with Crippen molar-refractivity contribution in [2.45, 2.75) is 12.8 Å². The van der Waals surface area contributed by atoms with Crippen LogP contribution in [0.3, 0.4) is 0 Å². The molecule has 0 atom stereocenters. The number of non-ortho nitro benzene ring substituents is 1. The van der Waals surface area contributed by atoms with Gasteiger partial charge in [-0.2, -0.15) is 0 Å². The zero-order chi connectivity index (χ0) is 15.0. The maximum Gasteiger partial charge on any atom is 0.300 e. The predicted octanol–water partition coefficient (Wildman–Crippen LogP) is 0.0973. The van der Waals surface area contributed by atoms with Crippen molar-refractivity contribution in [3.05, 3.63) is 22.2 Å². The molecule has 0 saturated carbocycles. The standard InChI is InChI=1S/C12H12N4O5/c17-12(18)7-3-5-15(6-4-7)8-1-2-9(16(19)20)11-10(8)13-21-14-11/h1-2,7H,3-6H2,(H,17,18)/p-1. The van der Waals surface area contributed by atoms with Crippen LogP contribution in [0.4, 0.5) is 11.4 Å². The quantitative estimate of drug-likeness (QED) is 0.575. The van der Waals surface area contributed by atoms with Gasteiger partial charge < -0.3 is 14.8 Å². The number of fused-ring (bicyclic) bond motifs is 1. The number of nitro groups is 1. The van der Waals surface area contributed by atoms with Crippen LogP contribution < -0.4 is 10.0 Å². The monoisotopic (exact) mass is 291 g/mol. The topological polar surface area (TPSA) is 125 Å². The van der Waals surface area contributed by atoms with Crippen LogP contribution in [0.25, 0.3) is 11.0 Å². The van der Waals surface area contributed by atoms with Crippen molar-refractivity contribution in [1.29, 1.82) is 0 Å². The molecule has 2 heterocycles. The molecule has 1 saturated heterocycles. The van der Waals surface area contributed by atoms with E-state index < -0.39 is 16.8 Å². The van der Waals surface area contributed by atoms with Gasteiger partial charge in [-0.05, 0) is 29.2 Å². The summed E-state index contributed by atoms with van der Waals surface area (Å²) in [5.41, 5.74) is 0.906. The molecule has 9 nitrogen and oxygen atoms in total. The van der Waals surface area contributed by atoms with Crippen molar-refractivity contribution in [2.24, 2.45) is 5.92 Å². The number of nitro benzene ring substituents is 1. The molecule has 3 rings (SSSR count). The van der Waals surface area contributed by atoms with E-state index in [1.54, 1.807) is 6.07 Å². The highest BCUT2D eigenvalue weighted by molar-refractivity contribution is 5.93. The first kappa shape index (κ1) is 13.3. The fourth-order valence-corrected chi connectivity index (χ4v) is 2.60. The van der Waals surface area contributed by atoms with Gasteiger partial charge in [-0.15, -0.1) is 0 Å². The Morgan fingerprint density at radius 1 is 1.29 bits per heavy atom. The second-order valence-electron chi connectivity index (χ2n) is 4.90. The summed E-state index contributed by atoms with van der Waals surface area (Å²) in [6.07, 6.45) is 0.929. The van der Waals surface area contributed by atoms with Crippen LogP contribution in [0.5, 0.6) is 0 Å². The number of aliphatic carboxylic acids is 1. The lowest BCUT2D eigenvalue weighted by Gasteiger charge is -2.33. The van der Waals surface area contributed by atoms with Crippen molar-refractivity contribution in [2.75, 3.05) is 18.0 Å². The smallest absolute Gasteiger partial charge is 0.300 e. The van der Waals surface area contributed by atoms with Gasteiger partial charge in [-0.3, -0.25) is 10.1 Å². The summed E-state index contributed by atoms with van der Waals surface area (Å²) in [6, 6.07) is 2.94. The molecule has 0 aliphatic carbocycles. The van der Waals surface area contributed by atoms with Gasteiger partial charge in [-0.25, -0.2) is 4.63 Å². The van der Waals surface area contributed by atoms with Crippen LogP contribution in [0.15, 0.2) is 16.8 Å². The number of carbonyl (C=O) groups excluding carboxylic acids is 1. The Labute approximate surface area is 118 Å². The Bertz CT molecular complexity index is 705. The number of carboxylic acid groups (broad SMARTS) is 1. The molecule has 0 bridgehead atoms. The van der Waals surface area contributed by atoms with Crippen molar-refractivity contribution in [3.63, 3.8) is 0 Å². The lowest BCUT2D eigenvalue weighted by atomic mass is 9.96. The van der Waals surface area contributed by atoms with Gasteiger partial charge in [0, 0.05) is 31.0 Å². The second kappa shape index (κ2) is 5.00. The highest BCUT2D eigenvalue weighted by Crippen LogP contribution is 2.33. The fraction of sp³-hybridized carbons (Fsp3) is 0.417. The minimum atomic E-state index is -1.04. The largest absolute Gasteiger partial charge is 0.550 e. The van der Waals surface area contributed by atoms with Gasteiger partial charge in [0.05, 0.1) is 10.6 Å². The number of carboxylic acids is 1. The van der Waals surface area contributed by atoms with Crippen LogP contribution in [0, 0.1) is 16.0 Å². The Kier molecular flexibility index (Phi) is 3.16. The number of rotatable bonds is 3. The first-order valence-corrected chi connectivity index (χ1v) is 6.43. The lowest BCUT2D eigenvalue weighted by molar-refractivity contribution is -0.383. The predicted molar refractivity (Wildman–Crippen MR) is 68.4 cm³/mol. The van der Waals surface area contributed by atoms with Crippen molar-refractivity contribution < 1.29 is 19.5 Å². The molecule has 0 amide bonds. The fourth-order valence-electron chi connectivity index (χ4n) is 2.60. The van der Waals surface area contributed by atoms with E-state index in [9.17, 15) is 20.0 Å². The minimum Gasteiger partial charge on any atom is -0.550 e. The van der Waals surface area contributed by atoms with Crippen LogP contribution in [-0.4, -0.2) is 34.3 Å². The van der Waals surface area contributed by atoms with Gasteiger partial charge in [0.25, 0.3) is 0 Å². The van der Waals surface area contributed by atoms with Gasteiger partial charge in [0.15, 0.2) is 5.52 Å². The Morgan fingerprint density at radius 2 is 1.95 bits per heavy atom. The Balaban J connectivity index is 1.92. The van der Waals surface area contributed by atoms with Gasteiger partial charge in [-0.1, -0.05) is 0 Å². The highest BCUT2D eigenvalue weighted by Gasteiger charge is 2.25. The maximum atomic E-state index is 10.9. The molecular formula is C12H11N4O5-. The molecule has 0 radical (unpaired) electrons. The van der Waals surface area contributed by atoms with Crippen LogP contribution in [0.1, 0.15) is 12.8 Å². The zero-order valence-electron chi connectivity index (χ0n) is 10.9. The van der Waals surface area contributed by atoms with E-state index in [0.29, 0.717) is 37.1 Å². The van der Waals surface area contributed by atoms with E-state index >= 15 is 0 Å². The average molecular weight is 291 g/mol. The van der Waals surface area contributed by atoms with Crippen molar-refractivity contribution in [3.8, 4) is 0 Å². The van der Waals surface area contributed by atoms with Crippen LogP contribution in [-0.2, 0) is 4.79 Å². The van der Waals surface area contributed by atoms with Crippen molar-refractivity contribution in [1.82, 2.24) is 10.3 Å². The SMILES string of the molecule is O=C([O-])C1CCN(c2ccc([N+](=O)[O-])c3nonc23)CC1. The molecule has 0 unspecified atom stereocenters. The molecule has 1 aromatic carbocycles. The molecule has 1 aromatic heterocycles. The number of hydrogen-bond donors (Lipinski definition) is 0. The summed E-state index contributed by atoms with van der Waals surface area (Å²) in [4.78, 5) is 23.2. The average Bonchev–Trinajstić information content (AvgIpc) is 2.95. The third-order valence-corrected chi connectivity index (χ3v) is 3.74. The first-order valence-electron chi connectivity index (χ1n) is 6.43. The summed E-state index contributed by atoms with van der Waals surface area (Å²) in [6.45, 7) is 1.02. The first-order chi connectivity index (χ1) is 10.1. The molecule has 1 aliphatic rings. The van der Waals surface area contributed by atoms with Gasteiger partial charge in [0.2, 0.25) is 5.52 Å². The molecule has 0 spiro atoms. The summed E-state index contributed by atoms with van der Waals surface area (Å²) < 4.78 is 4.61. The highest BCUT2D eigenvalue weighted by atomic mass is 16.6. The summed E-state index contributed by atoms with van der Waals surface area (Å²) in [7, 11) is 0. The zero-order valence-corrected chi connectivity index (χ0v) is 10.9. The van der Waals surface area contributed by atoms with E-state index in [2.05, 4.69) is 14.9 Å². The van der Waals surface area contributed by atoms with E-state index in [1.807, 2.05) is 4.90 Å². The third-order valence-electron chi connectivity index (χ3n) is 3.74. The number of anilines is 1. The van der Waals surface area contributed by atoms with E-state index in [4.69, 9.17) is 0 Å². The summed E-state index contributed by atoms with van der Waals surface area (Å²) in [5.74, 6) is -1.49. The normalized spacial score (nSPS) is 16.3. The van der Waals surface area contributed by atoms with E-state index in [1.165, 1.54) is 6.07 Å². The molecular weight excluding hydrogens is 280 g/mol. The van der Waals surface area contributed by atoms with Crippen LogP contribution >= 0.6 is 0 Å². The number of nitrogens with zero attached hydrogens (tertiary/aromatic N) is 4. The van der Waals surface area contributed by atoms with Crippen molar-refractivity contribution >= 4 is 28.4 Å². The van der Waals surface area contributed by atoms with Gasteiger partial charge >= 0.3 is 5.69 Å². The lowest BCUT2D eigenvalue weighted by Crippen LogP contribution is -2.41. The molecule has 1 fully saturated rings. The number of piperidine rings is 1. The van der Waals surface area contributed by atoms with E-state index in [-0.39, 0.29) is 11.2 Å². The van der Waals surface area contributed by atoms with E-state index in [0.717, 1.165) is 0 Å². The molecule has 9 heteroatoms. The second-order valence-corrected chi connectivity index (χ2v) is 4.90. The summed E-state index contributed by atoms with van der Waals surface area (Å²) >= 11 is 0. The Morgan fingerprint density at radius 3 is 2.57 bits per heavy atom. The minimum absolute atomic E-state index is 0.0968. The molecule has 110 valence electrons. The maximum absolute atomic E-state index is 10.9. The van der Waals surface area contributed by atoms with Crippen LogP contribution in [0.2, 0.25) is 0 Å². The molecule has 2 aromatic rings. The molecule has 21 heavy (non-hydrogen) atoms. The molecule has 1 aliphatic heterocycles. The molecule has 0 N–H and O–H groups in total. The Hall–Kier alpha value is -2.71. The number of carbonyl (C=O) groups is 1.